The van der Waals surface area contributed by atoms with Gasteiger partial charge in [-0.2, -0.15) is 0 Å². The van der Waals surface area contributed by atoms with Crippen molar-refractivity contribution in [3.05, 3.63) is 35.4 Å². The highest BCUT2D eigenvalue weighted by Gasteiger charge is 2.58. The van der Waals surface area contributed by atoms with Crippen LogP contribution in [0.5, 0.6) is 0 Å². The van der Waals surface area contributed by atoms with Crippen molar-refractivity contribution in [1.29, 1.82) is 0 Å². The minimum absolute atomic E-state index is 0.192. The lowest BCUT2D eigenvalue weighted by molar-refractivity contribution is -0.0989. The first-order valence-corrected chi connectivity index (χ1v) is 6.89. The lowest BCUT2D eigenvalue weighted by Gasteiger charge is -2.42. The molecule has 4 N–H and O–H groups in total. The molecule has 1 aliphatic carbocycles. The molecule has 19 heavy (non-hydrogen) atoms. The van der Waals surface area contributed by atoms with Gasteiger partial charge >= 0.3 is 0 Å². The van der Waals surface area contributed by atoms with Gasteiger partial charge in [0.1, 0.15) is 0 Å². The molecular weight excluding hydrogens is 242 g/mol. The van der Waals surface area contributed by atoms with E-state index in [1.807, 2.05) is 31.2 Å². The zero-order valence-corrected chi connectivity index (χ0v) is 11.1. The zero-order valence-electron chi connectivity index (χ0n) is 11.1. The van der Waals surface area contributed by atoms with Crippen molar-refractivity contribution in [3.63, 3.8) is 0 Å². The van der Waals surface area contributed by atoms with Crippen LogP contribution < -0.4 is 5.32 Å². The fourth-order valence-electron chi connectivity index (χ4n) is 3.22. The molecule has 0 bridgehead atoms. The maximum atomic E-state index is 10.6. The average molecular weight is 263 g/mol. The summed E-state index contributed by atoms with van der Waals surface area (Å²) in [5.41, 5.74) is 1.75. The molecule has 1 saturated carbocycles. The van der Waals surface area contributed by atoms with Crippen molar-refractivity contribution in [3.8, 4) is 0 Å². The Balaban J connectivity index is 1.88. The van der Waals surface area contributed by atoms with Crippen molar-refractivity contribution in [2.75, 3.05) is 6.54 Å². The van der Waals surface area contributed by atoms with E-state index >= 15 is 0 Å². The Morgan fingerprint density at radius 3 is 2.42 bits per heavy atom. The lowest BCUT2D eigenvalue weighted by atomic mass is 9.78. The molecule has 3 rings (SSSR count). The van der Waals surface area contributed by atoms with Gasteiger partial charge in [0.25, 0.3) is 0 Å². The molecule has 1 aromatic carbocycles. The molecule has 1 saturated heterocycles. The van der Waals surface area contributed by atoms with Crippen molar-refractivity contribution >= 4 is 0 Å². The number of β-amino-alcohol motifs (C(OH)–C–C–N with tert-alkyl or cyclic N) is 1. The van der Waals surface area contributed by atoms with Crippen LogP contribution in [0.3, 0.4) is 0 Å². The lowest BCUT2D eigenvalue weighted by Crippen LogP contribution is -2.59. The molecule has 104 valence electrons. The van der Waals surface area contributed by atoms with Gasteiger partial charge in [-0.15, -0.1) is 0 Å². The van der Waals surface area contributed by atoms with Crippen LogP contribution in [0, 0.1) is 12.8 Å². The Morgan fingerprint density at radius 2 is 1.84 bits per heavy atom. The predicted molar refractivity (Wildman–Crippen MR) is 71.6 cm³/mol. The van der Waals surface area contributed by atoms with Crippen molar-refractivity contribution in [1.82, 2.24) is 5.32 Å². The highest BCUT2D eigenvalue weighted by Crippen LogP contribution is 2.51. The first-order chi connectivity index (χ1) is 9.03. The summed E-state index contributed by atoms with van der Waals surface area (Å²) in [6.45, 7) is 2.40. The van der Waals surface area contributed by atoms with Crippen molar-refractivity contribution in [2.24, 2.45) is 5.92 Å². The minimum atomic E-state index is -0.875. The quantitative estimate of drug-likeness (QED) is 0.627. The third-order valence-corrected chi connectivity index (χ3v) is 4.61. The van der Waals surface area contributed by atoms with Crippen LogP contribution in [-0.2, 0) is 0 Å². The molecule has 4 heteroatoms. The average Bonchev–Trinajstić information content (AvgIpc) is 3.16. The molecule has 4 nitrogen and oxygen atoms in total. The maximum absolute atomic E-state index is 10.6. The Morgan fingerprint density at radius 1 is 1.21 bits per heavy atom. The van der Waals surface area contributed by atoms with E-state index in [-0.39, 0.29) is 11.5 Å². The largest absolute Gasteiger partial charge is 0.390 e. The smallest absolute Gasteiger partial charge is 0.0927 e. The van der Waals surface area contributed by atoms with E-state index in [1.165, 1.54) is 0 Å². The molecule has 4 atom stereocenters. The van der Waals surface area contributed by atoms with E-state index < -0.39 is 18.3 Å². The molecule has 2 fully saturated rings. The molecule has 0 amide bonds. The van der Waals surface area contributed by atoms with E-state index in [0.29, 0.717) is 6.54 Å². The summed E-state index contributed by atoms with van der Waals surface area (Å²) in [6.07, 6.45) is -0.536. The van der Waals surface area contributed by atoms with Crippen LogP contribution >= 0.6 is 0 Å². The minimum Gasteiger partial charge on any atom is -0.390 e. The van der Waals surface area contributed by atoms with Crippen LogP contribution in [0.1, 0.15) is 30.1 Å². The molecule has 2 unspecified atom stereocenters. The number of piperidine rings is 1. The summed E-state index contributed by atoms with van der Waals surface area (Å²) in [7, 11) is 0. The molecule has 0 aromatic heterocycles. The molecule has 1 spiro atoms. The Bertz CT molecular complexity index is 455. The number of nitrogens with one attached hydrogen (secondary N) is 1. The second kappa shape index (κ2) is 4.56. The Hall–Kier alpha value is -0.940. The van der Waals surface area contributed by atoms with Crippen LogP contribution in [0.2, 0.25) is 0 Å². The van der Waals surface area contributed by atoms with Gasteiger partial charge < -0.3 is 20.6 Å². The number of aliphatic hydroxyl groups is 3. The topological polar surface area (TPSA) is 72.7 Å². The second-order valence-corrected chi connectivity index (χ2v) is 5.98. The van der Waals surface area contributed by atoms with Gasteiger partial charge in [0.15, 0.2) is 0 Å². The summed E-state index contributed by atoms with van der Waals surface area (Å²) < 4.78 is 0. The summed E-state index contributed by atoms with van der Waals surface area (Å²) in [5, 5.41) is 34.0. The van der Waals surface area contributed by atoms with Crippen LogP contribution in [0.15, 0.2) is 24.3 Å². The Labute approximate surface area is 113 Å². The van der Waals surface area contributed by atoms with Gasteiger partial charge in [0, 0.05) is 18.0 Å². The Kier molecular flexibility index (Phi) is 3.14. The second-order valence-electron chi connectivity index (χ2n) is 5.98. The normalized spacial score (nSPS) is 34.2. The standard InChI is InChI=1S/C15H21NO3/c1-9-2-4-10(5-3-9)13(18)12-14(19)11(17)8-16-15(12)6-7-15/h2-5,11-14,16-19H,6-8H2,1H3/t11-,12?,13?,14+/m1/s1. The van der Waals surface area contributed by atoms with Crippen LogP contribution in [0.4, 0.5) is 0 Å². The van der Waals surface area contributed by atoms with Gasteiger partial charge in [-0.3, -0.25) is 0 Å². The number of rotatable bonds is 2. The predicted octanol–water partition coefficient (Wildman–Crippen LogP) is 0.502. The summed E-state index contributed by atoms with van der Waals surface area (Å²) in [6, 6.07) is 7.70. The summed E-state index contributed by atoms with van der Waals surface area (Å²) in [5.74, 6) is -0.348. The van der Waals surface area contributed by atoms with E-state index in [1.54, 1.807) is 0 Å². The van der Waals surface area contributed by atoms with Gasteiger partial charge in [0.2, 0.25) is 0 Å². The van der Waals surface area contributed by atoms with Crippen molar-refractivity contribution in [2.45, 2.75) is 43.6 Å². The molecule has 1 aliphatic heterocycles. The highest BCUT2D eigenvalue weighted by molar-refractivity contribution is 5.27. The fraction of sp³-hybridized carbons (Fsp3) is 0.600. The van der Waals surface area contributed by atoms with Gasteiger partial charge in [-0.25, -0.2) is 0 Å². The fourth-order valence-corrected chi connectivity index (χ4v) is 3.22. The van der Waals surface area contributed by atoms with Crippen molar-refractivity contribution < 1.29 is 15.3 Å². The number of aliphatic hydroxyl groups excluding tert-OH is 3. The summed E-state index contributed by atoms with van der Waals surface area (Å²) >= 11 is 0. The molecule has 0 radical (unpaired) electrons. The molecule has 1 heterocycles. The van der Waals surface area contributed by atoms with Gasteiger partial charge in [-0.1, -0.05) is 29.8 Å². The van der Waals surface area contributed by atoms with Gasteiger partial charge in [-0.05, 0) is 25.3 Å². The molecular formula is C15H21NO3. The van der Waals surface area contributed by atoms with Crippen LogP contribution in [0.25, 0.3) is 0 Å². The monoisotopic (exact) mass is 263 g/mol. The number of aryl methyl sites for hydroxylation is 1. The van der Waals surface area contributed by atoms with E-state index in [9.17, 15) is 15.3 Å². The highest BCUT2D eigenvalue weighted by atomic mass is 16.3. The van der Waals surface area contributed by atoms with E-state index in [0.717, 1.165) is 24.0 Å². The van der Waals surface area contributed by atoms with Gasteiger partial charge in [0.05, 0.1) is 18.3 Å². The molecule has 2 aliphatic rings. The maximum Gasteiger partial charge on any atom is 0.0927 e. The zero-order chi connectivity index (χ0) is 13.6. The van der Waals surface area contributed by atoms with E-state index in [2.05, 4.69) is 5.32 Å². The third-order valence-electron chi connectivity index (χ3n) is 4.61. The number of hydrogen-bond acceptors (Lipinski definition) is 4. The van der Waals surface area contributed by atoms with E-state index in [4.69, 9.17) is 0 Å². The third kappa shape index (κ3) is 2.19. The summed E-state index contributed by atoms with van der Waals surface area (Å²) in [4.78, 5) is 0. The first kappa shape index (κ1) is 13.1. The van der Waals surface area contributed by atoms with Crippen LogP contribution in [-0.4, -0.2) is 39.6 Å². The number of hydrogen-bond donors (Lipinski definition) is 4. The SMILES string of the molecule is Cc1ccc(C(O)C2[C@@H](O)[C@H](O)CNC23CC3)cc1. The molecule has 1 aromatic rings. The number of benzene rings is 1. The first-order valence-electron chi connectivity index (χ1n) is 6.89.